The van der Waals surface area contributed by atoms with Gasteiger partial charge in [-0.3, -0.25) is 4.98 Å². The molecule has 0 unspecified atom stereocenters. The van der Waals surface area contributed by atoms with Gasteiger partial charge < -0.3 is 14.9 Å². The molecule has 0 spiro atoms. The van der Waals surface area contributed by atoms with Crippen LogP contribution in [0.25, 0.3) is 0 Å². The monoisotopic (exact) mass is 301 g/mol. The van der Waals surface area contributed by atoms with Gasteiger partial charge in [0, 0.05) is 5.33 Å². The zero-order valence-corrected chi connectivity index (χ0v) is 9.34. The highest BCUT2D eigenvalue weighted by atomic mass is 79.9. The first-order chi connectivity index (χ1) is 7.39. The van der Waals surface area contributed by atoms with Crippen molar-refractivity contribution in [2.24, 2.45) is 0 Å². The van der Waals surface area contributed by atoms with Gasteiger partial charge in [0.2, 0.25) is 0 Å². The van der Waals surface area contributed by atoms with Gasteiger partial charge in [0.25, 0.3) is 0 Å². The van der Waals surface area contributed by atoms with E-state index in [1.165, 1.54) is 0 Å². The summed E-state index contributed by atoms with van der Waals surface area (Å²) in [6.45, 7) is -0.571. The quantitative estimate of drug-likeness (QED) is 0.839. The number of pyridine rings is 1. The lowest BCUT2D eigenvalue weighted by molar-refractivity contribution is -0.275. The molecule has 16 heavy (non-hydrogen) atoms. The minimum absolute atomic E-state index is 0.0558. The Hall–Kier alpha value is -1.02. The molecule has 0 aliphatic rings. The number of rotatable bonds is 3. The molecule has 8 heteroatoms. The van der Waals surface area contributed by atoms with Crippen molar-refractivity contribution in [2.45, 2.75) is 18.3 Å². The normalized spacial score (nSPS) is 11.6. The Morgan fingerprint density at radius 2 is 2.06 bits per heavy atom. The van der Waals surface area contributed by atoms with E-state index in [4.69, 9.17) is 5.11 Å². The Morgan fingerprint density at radius 3 is 2.50 bits per heavy atom. The summed E-state index contributed by atoms with van der Waals surface area (Å²) in [4.78, 5) is 3.44. The summed E-state index contributed by atoms with van der Waals surface area (Å²) in [5, 5.41) is 18.2. The van der Waals surface area contributed by atoms with Gasteiger partial charge in [-0.25, -0.2) is 0 Å². The summed E-state index contributed by atoms with van der Waals surface area (Å²) in [6, 6.07) is 0. The van der Waals surface area contributed by atoms with Gasteiger partial charge in [-0.1, -0.05) is 15.9 Å². The van der Waals surface area contributed by atoms with Crippen molar-refractivity contribution >= 4 is 15.9 Å². The van der Waals surface area contributed by atoms with E-state index in [1.54, 1.807) is 0 Å². The molecule has 0 aliphatic carbocycles. The van der Waals surface area contributed by atoms with Gasteiger partial charge in [0.1, 0.15) is 11.4 Å². The van der Waals surface area contributed by atoms with Gasteiger partial charge in [0.05, 0.1) is 18.4 Å². The number of hydrogen-bond acceptors (Lipinski definition) is 4. The van der Waals surface area contributed by atoms with Gasteiger partial charge in [-0.05, 0) is 0 Å². The van der Waals surface area contributed by atoms with Crippen molar-refractivity contribution < 1.29 is 28.1 Å². The number of aromatic hydroxyl groups is 1. The van der Waals surface area contributed by atoms with Crippen molar-refractivity contribution in [1.29, 1.82) is 0 Å². The third kappa shape index (κ3) is 2.99. The van der Waals surface area contributed by atoms with Gasteiger partial charge >= 0.3 is 6.36 Å². The lowest BCUT2D eigenvalue weighted by Crippen LogP contribution is -2.18. The van der Waals surface area contributed by atoms with E-state index in [0.29, 0.717) is 0 Å². The molecular formula is C8H7BrF3NO3. The lowest BCUT2D eigenvalue weighted by atomic mass is 10.2. The summed E-state index contributed by atoms with van der Waals surface area (Å²) >= 11 is 2.91. The van der Waals surface area contributed by atoms with Crippen molar-refractivity contribution in [2.75, 3.05) is 0 Å². The lowest BCUT2D eigenvalue weighted by Gasteiger charge is -2.13. The summed E-state index contributed by atoms with van der Waals surface area (Å²) in [6.07, 6.45) is -4.05. The smallest absolute Gasteiger partial charge is 0.505 e. The molecule has 0 aliphatic heterocycles. The minimum Gasteiger partial charge on any atom is -0.505 e. The largest absolute Gasteiger partial charge is 0.573 e. The number of nitrogens with zero attached hydrogens (tertiary/aromatic N) is 1. The third-order valence-corrected chi connectivity index (χ3v) is 2.26. The number of ether oxygens (including phenoxy) is 1. The van der Waals surface area contributed by atoms with Crippen LogP contribution in [0.1, 0.15) is 11.3 Å². The molecule has 0 radical (unpaired) electrons. The summed E-state index contributed by atoms with van der Waals surface area (Å²) in [5.41, 5.74) is -0.222. The Morgan fingerprint density at radius 1 is 1.44 bits per heavy atom. The zero-order chi connectivity index (χ0) is 12.3. The number of alkyl halides is 4. The van der Waals surface area contributed by atoms with E-state index in [9.17, 15) is 18.3 Å². The first-order valence-corrected chi connectivity index (χ1v) is 5.13. The molecule has 2 N–H and O–H groups in total. The van der Waals surface area contributed by atoms with E-state index in [1.807, 2.05) is 0 Å². The standard InChI is InChI=1S/C8H7BrF3NO3/c9-1-4-6(16-8(10,11)12)2-13-5(3-14)7(4)15/h2,14-15H,1,3H2. The fourth-order valence-corrected chi connectivity index (χ4v) is 1.57. The number of aliphatic hydroxyl groups excluding tert-OH is 1. The van der Waals surface area contributed by atoms with E-state index in [0.717, 1.165) is 6.20 Å². The second-order valence-electron chi connectivity index (χ2n) is 2.74. The molecule has 0 amide bonds. The predicted octanol–water partition coefficient (Wildman–Crippen LogP) is 2.07. The molecule has 0 bridgehead atoms. The van der Waals surface area contributed by atoms with Crippen LogP contribution < -0.4 is 4.74 Å². The first-order valence-electron chi connectivity index (χ1n) is 4.01. The van der Waals surface area contributed by atoms with Crippen LogP contribution in [0.3, 0.4) is 0 Å². The Bertz CT molecular complexity index is 384. The van der Waals surface area contributed by atoms with Crippen molar-refractivity contribution in [3.63, 3.8) is 0 Å². The van der Waals surface area contributed by atoms with Crippen LogP contribution >= 0.6 is 15.9 Å². The topological polar surface area (TPSA) is 62.6 Å². The third-order valence-electron chi connectivity index (χ3n) is 1.70. The number of aliphatic hydroxyl groups is 1. The maximum absolute atomic E-state index is 12.0. The minimum atomic E-state index is -4.86. The highest BCUT2D eigenvalue weighted by molar-refractivity contribution is 9.08. The molecule has 1 rings (SSSR count). The van der Waals surface area contributed by atoms with Crippen LogP contribution in [0.4, 0.5) is 13.2 Å². The highest BCUT2D eigenvalue weighted by Gasteiger charge is 2.33. The van der Waals surface area contributed by atoms with Crippen LogP contribution in [-0.4, -0.2) is 21.6 Å². The fourth-order valence-electron chi connectivity index (χ4n) is 1.02. The van der Waals surface area contributed by atoms with Crippen LogP contribution in [0.15, 0.2) is 6.20 Å². The SMILES string of the molecule is OCc1ncc(OC(F)(F)F)c(CBr)c1O. The van der Waals surface area contributed by atoms with Crippen LogP contribution in [0.5, 0.6) is 11.5 Å². The predicted molar refractivity (Wildman–Crippen MR) is 51.1 cm³/mol. The van der Waals surface area contributed by atoms with E-state index in [2.05, 4.69) is 25.7 Å². The molecule has 0 aromatic carbocycles. The molecule has 1 aromatic rings. The molecule has 0 saturated carbocycles. The second-order valence-corrected chi connectivity index (χ2v) is 3.30. The van der Waals surface area contributed by atoms with Crippen LogP contribution in [0, 0.1) is 0 Å². The summed E-state index contributed by atoms with van der Waals surface area (Å²) < 4.78 is 39.6. The van der Waals surface area contributed by atoms with Crippen molar-refractivity contribution in [1.82, 2.24) is 4.98 Å². The zero-order valence-electron chi connectivity index (χ0n) is 7.75. The molecule has 4 nitrogen and oxygen atoms in total. The highest BCUT2D eigenvalue weighted by Crippen LogP contribution is 2.34. The summed E-state index contributed by atoms with van der Waals surface area (Å²) in [5.74, 6) is -1.11. The molecular weight excluding hydrogens is 295 g/mol. The molecule has 1 heterocycles. The molecule has 0 saturated heterocycles. The Labute approximate surface area is 96.8 Å². The average molecular weight is 302 g/mol. The van der Waals surface area contributed by atoms with E-state index >= 15 is 0 Å². The van der Waals surface area contributed by atoms with Crippen molar-refractivity contribution in [3.8, 4) is 11.5 Å². The molecule has 0 atom stereocenters. The van der Waals surface area contributed by atoms with Gasteiger partial charge in [-0.2, -0.15) is 0 Å². The number of halogens is 4. The van der Waals surface area contributed by atoms with E-state index < -0.39 is 24.5 Å². The second kappa shape index (κ2) is 4.88. The Balaban J connectivity index is 3.16. The van der Waals surface area contributed by atoms with Gasteiger partial charge in [-0.15, -0.1) is 13.2 Å². The maximum Gasteiger partial charge on any atom is 0.573 e. The van der Waals surface area contributed by atoms with Crippen LogP contribution in [-0.2, 0) is 11.9 Å². The molecule has 1 aromatic heterocycles. The molecule has 90 valence electrons. The average Bonchev–Trinajstić information content (AvgIpc) is 2.16. The maximum atomic E-state index is 12.0. The fraction of sp³-hybridized carbons (Fsp3) is 0.375. The number of aromatic nitrogens is 1. The Kier molecular flexibility index (Phi) is 3.98. The first kappa shape index (κ1) is 13.0. The van der Waals surface area contributed by atoms with Crippen molar-refractivity contribution in [3.05, 3.63) is 17.5 Å². The van der Waals surface area contributed by atoms with Crippen LogP contribution in [0.2, 0.25) is 0 Å². The number of hydrogen-bond donors (Lipinski definition) is 2. The summed E-state index contributed by atoms with van der Waals surface area (Å²) in [7, 11) is 0. The van der Waals surface area contributed by atoms with E-state index in [-0.39, 0.29) is 16.6 Å². The van der Waals surface area contributed by atoms with Gasteiger partial charge in [0.15, 0.2) is 5.75 Å². The molecule has 0 fully saturated rings.